The Morgan fingerprint density at radius 2 is 1.87 bits per heavy atom. The van der Waals surface area contributed by atoms with E-state index in [1.54, 1.807) is 43.4 Å². The van der Waals surface area contributed by atoms with Crippen molar-refractivity contribution in [1.82, 2.24) is 20.2 Å². The molecule has 0 spiro atoms. The summed E-state index contributed by atoms with van der Waals surface area (Å²) in [5.41, 5.74) is 1.74. The Bertz CT molecular complexity index is 858. The highest BCUT2D eigenvalue weighted by Crippen LogP contribution is 2.23. The molecule has 0 saturated heterocycles. The number of aromatic nitrogens is 4. The molecule has 1 aromatic heterocycles. The summed E-state index contributed by atoms with van der Waals surface area (Å²) in [5.74, 6) is 0.297. The van der Waals surface area contributed by atoms with Crippen molar-refractivity contribution in [3.63, 3.8) is 0 Å². The molecule has 0 radical (unpaired) electrons. The molecule has 0 saturated carbocycles. The van der Waals surface area contributed by atoms with Crippen LogP contribution in [0.4, 0.5) is 5.69 Å². The molecule has 1 N–H and O–H groups in total. The molecule has 6 nitrogen and oxygen atoms in total. The topological polar surface area (TPSA) is 72.7 Å². The van der Waals surface area contributed by atoms with E-state index in [1.807, 2.05) is 6.07 Å². The second kappa shape index (κ2) is 6.36. The van der Waals surface area contributed by atoms with Crippen molar-refractivity contribution in [2.75, 3.05) is 5.32 Å². The highest BCUT2D eigenvalue weighted by molar-refractivity contribution is 6.35. The van der Waals surface area contributed by atoms with Gasteiger partial charge in [-0.15, -0.1) is 5.10 Å². The number of nitrogens with zero attached hydrogens (tertiary/aromatic N) is 4. The summed E-state index contributed by atoms with van der Waals surface area (Å²) in [6.07, 6.45) is 0. The van der Waals surface area contributed by atoms with Crippen molar-refractivity contribution in [1.29, 1.82) is 0 Å². The number of nitrogens with one attached hydrogen (secondary N) is 1. The maximum atomic E-state index is 12.4. The lowest BCUT2D eigenvalue weighted by atomic mass is 10.1. The van der Waals surface area contributed by atoms with Crippen molar-refractivity contribution in [3.05, 3.63) is 58.1 Å². The molecule has 116 valence electrons. The van der Waals surface area contributed by atoms with Crippen molar-refractivity contribution >= 4 is 34.8 Å². The van der Waals surface area contributed by atoms with Crippen LogP contribution in [0.1, 0.15) is 10.4 Å². The van der Waals surface area contributed by atoms with Gasteiger partial charge in [0.25, 0.3) is 5.91 Å². The molecule has 0 atom stereocenters. The van der Waals surface area contributed by atoms with Gasteiger partial charge in [0.15, 0.2) is 5.82 Å². The fourth-order valence-electron chi connectivity index (χ4n) is 2.10. The van der Waals surface area contributed by atoms with Crippen LogP contribution in [0.15, 0.2) is 42.5 Å². The zero-order valence-corrected chi connectivity index (χ0v) is 13.5. The Labute approximate surface area is 142 Å². The van der Waals surface area contributed by atoms with Crippen LogP contribution < -0.4 is 5.32 Å². The average molecular weight is 348 g/mol. The number of aryl methyl sites for hydroxylation is 1. The van der Waals surface area contributed by atoms with E-state index in [0.29, 0.717) is 27.1 Å². The molecule has 0 bridgehead atoms. The zero-order valence-electron chi connectivity index (χ0n) is 12.0. The first-order valence-corrected chi connectivity index (χ1v) is 7.39. The Morgan fingerprint density at radius 1 is 1.13 bits per heavy atom. The van der Waals surface area contributed by atoms with Crippen molar-refractivity contribution in [2.24, 2.45) is 7.05 Å². The molecule has 0 aliphatic heterocycles. The third-order valence-corrected chi connectivity index (χ3v) is 3.56. The number of amides is 1. The van der Waals surface area contributed by atoms with Crippen molar-refractivity contribution in [2.45, 2.75) is 0 Å². The third-order valence-electron chi connectivity index (χ3n) is 3.12. The van der Waals surface area contributed by atoms with Crippen LogP contribution in [0.25, 0.3) is 11.4 Å². The van der Waals surface area contributed by atoms with E-state index in [9.17, 15) is 4.79 Å². The molecular formula is C15H11Cl2N5O. The van der Waals surface area contributed by atoms with Crippen LogP contribution >= 0.6 is 23.2 Å². The van der Waals surface area contributed by atoms with Gasteiger partial charge in [0, 0.05) is 33.9 Å². The molecule has 0 aliphatic carbocycles. The Morgan fingerprint density at radius 3 is 2.52 bits per heavy atom. The van der Waals surface area contributed by atoms with Gasteiger partial charge in [0.1, 0.15) is 0 Å². The lowest BCUT2D eigenvalue weighted by molar-refractivity contribution is 0.102. The van der Waals surface area contributed by atoms with E-state index >= 15 is 0 Å². The predicted molar refractivity (Wildman–Crippen MR) is 88.6 cm³/mol. The van der Waals surface area contributed by atoms with Gasteiger partial charge < -0.3 is 5.32 Å². The minimum absolute atomic E-state index is 0.277. The van der Waals surface area contributed by atoms with E-state index in [4.69, 9.17) is 23.2 Å². The zero-order chi connectivity index (χ0) is 16.4. The number of hydrogen-bond acceptors (Lipinski definition) is 4. The van der Waals surface area contributed by atoms with Crippen LogP contribution in [-0.4, -0.2) is 26.1 Å². The van der Waals surface area contributed by atoms with Gasteiger partial charge in [0.05, 0.1) is 0 Å². The lowest BCUT2D eigenvalue weighted by Crippen LogP contribution is -2.12. The van der Waals surface area contributed by atoms with Crippen LogP contribution in [0, 0.1) is 0 Å². The number of anilines is 1. The molecule has 0 aliphatic rings. The van der Waals surface area contributed by atoms with Gasteiger partial charge in [0.2, 0.25) is 0 Å². The highest BCUT2D eigenvalue weighted by atomic mass is 35.5. The number of benzene rings is 2. The Balaban J connectivity index is 1.87. The average Bonchev–Trinajstić information content (AvgIpc) is 2.92. The summed E-state index contributed by atoms with van der Waals surface area (Å²) in [6, 6.07) is 11.9. The van der Waals surface area contributed by atoms with Gasteiger partial charge in [-0.1, -0.05) is 35.3 Å². The fraction of sp³-hybridized carbons (Fsp3) is 0.0667. The van der Waals surface area contributed by atoms with Crippen molar-refractivity contribution in [3.8, 4) is 11.4 Å². The quantitative estimate of drug-likeness (QED) is 0.787. The SMILES string of the molecule is Cn1nnnc1-c1cccc(C(=O)Nc2cc(Cl)cc(Cl)c2)c1. The van der Waals surface area contributed by atoms with Gasteiger partial charge in [-0.05, 0) is 40.8 Å². The molecule has 0 fully saturated rings. The van der Waals surface area contributed by atoms with Crippen molar-refractivity contribution < 1.29 is 4.79 Å². The van der Waals surface area contributed by atoms with E-state index < -0.39 is 0 Å². The first kappa shape index (κ1) is 15.5. The second-order valence-corrected chi connectivity index (χ2v) is 5.69. The summed E-state index contributed by atoms with van der Waals surface area (Å²) < 4.78 is 1.54. The number of hydrogen-bond donors (Lipinski definition) is 1. The molecule has 1 amide bonds. The van der Waals surface area contributed by atoms with Gasteiger partial charge in [-0.25, -0.2) is 4.68 Å². The lowest BCUT2D eigenvalue weighted by Gasteiger charge is -2.07. The molecule has 8 heteroatoms. The summed E-state index contributed by atoms with van der Waals surface area (Å²) in [4.78, 5) is 12.4. The largest absolute Gasteiger partial charge is 0.322 e. The summed E-state index contributed by atoms with van der Waals surface area (Å²) in [6.45, 7) is 0. The third kappa shape index (κ3) is 3.49. The number of tetrazole rings is 1. The van der Waals surface area contributed by atoms with E-state index in [0.717, 1.165) is 5.56 Å². The highest BCUT2D eigenvalue weighted by Gasteiger charge is 2.11. The summed E-state index contributed by atoms with van der Waals surface area (Å²) >= 11 is 11.9. The molecule has 3 rings (SSSR count). The molecular weight excluding hydrogens is 337 g/mol. The Hall–Kier alpha value is -2.44. The summed E-state index contributed by atoms with van der Waals surface area (Å²) in [7, 11) is 1.73. The molecule has 2 aromatic carbocycles. The number of carbonyl (C=O) groups is 1. The fourth-order valence-corrected chi connectivity index (χ4v) is 2.63. The minimum atomic E-state index is -0.277. The predicted octanol–water partition coefficient (Wildman–Crippen LogP) is 3.44. The maximum absolute atomic E-state index is 12.4. The molecule has 23 heavy (non-hydrogen) atoms. The van der Waals surface area contributed by atoms with E-state index in [-0.39, 0.29) is 5.91 Å². The van der Waals surface area contributed by atoms with E-state index in [1.165, 1.54) is 4.68 Å². The normalized spacial score (nSPS) is 10.6. The van der Waals surface area contributed by atoms with Gasteiger partial charge in [-0.2, -0.15) is 0 Å². The standard InChI is InChI=1S/C15H11Cl2N5O/c1-22-14(19-20-21-22)9-3-2-4-10(5-9)15(23)18-13-7-11(16)6-12(17)8-13/h2-8H,1H3,(H,18,23). The minimum Gasteiger partial charge on any atom is -0.322 e. The number of rotatable bonds is 3. The van der Waals surface area contributed by atoms with E-state index in [2.05, 4.69) is 20.8 Å². The Kier molecular flexibility index (Phi) is 4.27. The first-order valence-electron chi connectivity index (χ1n) is 6.63. The first-order chi connectivity index (χ1) is 11.0. The van der Waals surface area contributed by atoms with Crippen LogP contribution in [-0.2, 0) is 7.05 Å². The smallest absolute Gasteiger partial charge is 0.255 e. The van der Waals surface area contributed by atoms with Gasteiger partial charge in [-0.3, -0.25) is 4.79 Å². The molecule has 3 aromatic rings. The monoisotopic (exact) mass is 347 g/mol. The van der Waals surface area contributed by atoms with Crippen LogP contribution in [0.3, 0.4) is 0 Å². The number of halogens is 2. The molecule has 1 heterocycles. The second-order valence-electron chi connectivity index (χ2n) is 4.82. The molecule has 0 unspecified atom stereocenters. The van der Waals surface area contributed by atoms with Gasteiger partial charge >= 0.3 is 0 Å². The van der Waals surface area contributed by atoms with Crippen LogP contribution in [0.2, 0.25) is 10.0 Å². The number of carbonyl (C=O) groups excluding carboxylic acids is 1. The summed E-state index contributed by atoms with van der Waals surface area (Å²) in [5, 5.41) is 15.0. The maximum Gasteiger partial charge on any atom is 0.255 e. The van der Waals surface area contributed by atoms with Crippen LogP contribution in [0.5, 0.6) is 0 Å².